The van der Waals surface area contributed by atoms with E-state index in [4.69, 9.17) is 4.74 Å². The number of sulfonamides is 1. The molecule has 10 heteroatoms. The Bertz CT molecular complexity index is 1210. The van der Waals surface area contributed by atoms with Crippen LogP contribution in [0.5, 0.6) is 5.75 Å². The molecule has 0 radical (unpaired) electrons. The van der Waals surface area contributed by atoms with Gasteiger partial charge in [0, 0.05) is 6.42 Å². The van der Waals surface area contributed by atoms with Crippen LogP contribution in [0.1, 0.15) is 57.4 Å². The van der Waals surface area contributed by atoms with Crippen molar-refractivity contribution in [3.05, 3.63) is 60.2 Å². The summed E-state index contributed by atoms with van der Waals surface area (Å²) in [7, 11) is -2.67. The zero-order valence-electron chi connectivity index (χ0n) is 21.9. The number of aliphatic hydroxyl groups excluding tert-OH is 1. The molecule has 206 valence electrons. The lowest BCUT2D eigenvalue weighted by Gasteiger charge is -2.54. The van der Waals surface area contributed by atoms with Gasteiger partial charge in [0.25, 0.3) is 0 Å². The Hall–Kier alpha value is -3.13. The predicted molar refractivity (Wildman–Crippen MR) is 143 cm³/mol. The molecule has 1 aliphatic carbocycles. The largest absolute Gasteiger partial charge is 0.497 e. The van der Waals surface area contributed by atoms with E-state index in [-0.39, 0.29) is 17.7 Å². The Balaban J connectivity index is 2.11. The van der Waals surface area contributed by atoms with E-state index in [1.54, 1.807) is 19.1 Å². The summed E-state index contributed by atoms with van der Waals surface area (Å²) in [4.78, 5) is 11.8. The fraction of sp³-hybridized carbons (Fsp3) is 0.500. The summed E-state index contributed by atoms with van der Waals surface area (Å²) >= 11 is 0. The smallest absolute Gasteiger partial charge is 0.404 e. The minimum absolute atomic E-state index is 0.00577. The molecule has 0 spiro atoms. The number of rotatable bonds is 12. The molecular weight excluding hydrogens is 506 g/mol. The summed E-state index contributed by atoms with van der Waals surface area (Å²) in [5.41, 5.74) is -1.47. The summed E-state index contributed by atoms with van der Waals surface area (Å²) in [5, 5.41) is 33.5. The van der Waals surface area contributed by atoms with Crippen LogP contribution in [-0.4, -0.2) is 49.5 Å². The van der Waals surface area contributed by atoms with E-state index < -0.39 is 39.2 Å². The van der Waals surface area contributed by atoms with Crippen molar-refractivity contribution in [2.24, 2.45) is 5.41 Å². The number of hydrogen-bond acceptors (Lipinski definition) is 6. The molecule has 1 amide bonds. The Morgan fingerprint density at radius 3 is 2.32 bits per heavy atom. The van der Waals surface area contributed by atoms with Crippen LogP contribution in [0.25, 0.3) is 0 Å². The van der Waals surface area contributed by atoms with Gasteiger partial charge in [-0.15, -0.1) is 0 Å². The molecule has 1 saturated carbocycles. The maximum atomic E-state index is 13.7. The highest BCUT2D eigenvalue weighted by atomic mass is 32.2. The number of carboxylic acid groups (broad SMARTS) is 1. The number of benzene rings is 2. The van der Waals surface area contributed by atoms with Crippen molar-refractivity contribution in [3.8, 4) is 11.8 Å². The van der Waals surface area contributed by atoms with E-state index in [9.17, 15) is 28.7 Å². The third-order valence-corrected chi connectivity index (χ3v) is 9.51. The highest BCUT2D eigenvalue weighted by molar-refractivity contribution is 7.89. The number of nitrogens with zero attached hydrogens (tertiary/aromatic N) is 1. The highest BCUT2D eigenvalue weighted by Crippen LogP contribution is 2.51. The molecule has 2 aromatic rings. The number of aliphatic hydroxyl groups is 1. The van der Waals surface area contributed by atoms with Gasteiger partial charge in [-0.2, -0.15) is 5.26 Å². The van der Waals surface area contributed by atoms with Crippen molar-refractivity contribution in [2.75, 3.05) is 7.11 Å². The second kappa shape index (κ2) is 12.6. The fourth-order valence-electron chi connectivity index (χ4n) is 5.80. The number of amides is 1. The van der Waals surface area contributed by atoms with Crippen molar-refractivity contribution in [1.82, 2.24) is 10.0 Å². The van der Waals surface area contributed by atoms with Gasteiger partial charge in [0.05, 0.1) is 35.8 Å². The Morgan fingerprint density at radius 2 is 1.76 bits per heavy atom. The van der Waals surface area contributed by atoms with Crippen LogP contribution in [0.4, 0.5) is 4.79 Å². The average molecular weight is 544 g/mol. The minimum atomic E-state index is -4.16. The summed E-state index contributed by atoms with van der Waals surface area (Å²) < 4.78 is 35.5. The standard InChI is InChI=1S/C28H37N3O6S/c1-27(28(18-9-19-29)16-7-4-8-17-28,31-38(35,36)23-14-12-22(37-2)13-15-23)25(32)24(30-26(33)34)20-21-10-5-3-6-11-21/h3,5-6,10-15,24-25,30-32H,4,7-9,16-18,20H2,1-2H3,(H,33,34)/t24-,25+,27?/m0/s1. The maximum Gasteiger partial charge on any atom is 0.404 e. The number of nitrogens with one attached hydrogen (secondary N) is 2. The molecule has 38 heavy (non-hydrogen) atoms. The van der Waals surface area contributed by atoms with Gasteiger partial charge in [-0.05, 0) is 67.9 Å². The molecule has 0 heterocycles. The lowest BCUT2D eigenvalue weighted by molar-refractivity contribution is -0.0524. The second-order valence-corrected chi connectivity index (χ2v) is 11.9. The number of nitriles is 1. The topological polar surface area (TPSA) is 149 Å². The molecule has 3 atom stereocenters. The van der Waals surface area contributed by atoms with Crippen LogP contribution < -0.4 is 14.8 Å². The molecule has 0 bridgehead atoms. The lowest BCUT2D eigenvalue weighted by atomic mass is 9.57. The van der Waals surface area contributed by atoms with Crippen molar-refractivity contribution < 1.29 is 28.2 Å². The second-order valence-electron chi connectivity index (χ2n) is 10.2. The van der Waals surface area contributed by atoms with Crippen molar-refractivity contribution in [3.63, 3.8) is 0 Å². The van der Waals surface area contributed by atoms with Gasteiger partial charge < -0.3 is 20.3 Å². The molecule has 4 N–H and O–H groups in total. The SMILES string of the molecule is COc1ccc(S(=O)(=O)NC(C)([C@H](O)[C@H](Cc2ccccc2)NC(=O)O)C2(CCC#N)CCCCC2)cc1. The van der Waals surface area contributed by atoms with Crippen LogP contribution in [0, 0.1) is 16.7 Å². The first-order valence-electron chi connectivity index (χ1n) is 12.8. The Morgan fingerprint density at radius 1 is 1.13 bits per heavy atom. The van der Waals surface area contributed by atoms with Gasteiger partial charge in [0.15, 0.2) is 0 Å². The van der Waals surface area contributed by atoms with E-state index in [0.717, 1.165) is 24.8 Å². The van der Waals surface area contributed by atoms with E-state index in [1.807, 2.05) is 30.3 Å². The molecule has 0 aromatic heterocycles. The average Bonchev–Trinajstić information content (AvgIpc) is 2.91. The highest BCUT2D eigenvalue weighted by Gasteiger charge is 2.56. The van der Waals surface area contributed by atoms with Gasteiger partial charge in [-0.1, -0.05) is 49.6 Å². The quantitative estimate of drug-likeness (QED) is 0.313. The third-order valence-electron chi connectivity index (χ3n) is 7.92. The Labute approximate surface area is 224 Å². The van der Waals surface area contributed by atoms with Crippen LogP contribution in [-0.2, 0) is 16.4 Å². The molecule has 1 unspecified atom stereocenters. The van der Waals surface area contributed by atoms with E-state index >= 15 is 0 Å². The van der Waals surface area contributed by atoms with Gasteiger partial charge in [-0.3, -0.25) is 0 Å². The van der Waals surface area contributed by atoms with Crippen LogP contribution in [0.2, 0.25) is 0 Å². The molecule has 0 aliphatic heterocycles. The van der Waals surface area contributed by atoms with E-state index in [1.165, 1.54) is 19.2 Å². The first-order valence-corrected chi connectivity index (χ1v) is 14.3. The summed E-state index contributed by atoms with van der Waals surface area (Å²) in [6, 6.07) is 16.2. The maximum absolute atomic E-state index is 13.7. The van der Waals surface area contributed by atoms with Gasteiger partial charge in [0.1, 0.15) is 5.75 Å². The number of methoxy groups -OCH3 is 1. The molecule has 0 saturated heterocycles. The fourth-order valence-corrected chi connectivity index (χ4v) is 7.31. The van der Waals surface area contributed by atoms with Crippen molar-refractivity contribution in [1.29, 1.82) is 5.26 Å². The first kappa shape index (κ1) is 29.4. The van der Waals surface area contributed by atoms with E-state index in [2.05, 4.69) is 16.1 Å². The molecule has 2 aromatic carbocycles. The van der Waals surface area contributed by atoms with Gasteiger partial charge in [-0.25, -0.2) is 17.9 Å². The zero-order valence-corrected chi connectivity index (χ0v) is 22.7. The first-order chi connectivity index (χ1) is 18.1. The van der Waals surface area contributed by atoms with Gasteiger partial charge in [0.2, 0.25) is 10.0 Å². The minimum Gasteiger partial charge on any atom is -0.497 e. The Kier molecular flexibility index (Phi) is 9.77. The number of hydrogen-bond donors (Lipinski definition) is 4. The lowest BCUT2D eigenvalue weighted by Crippen LogP contribution is -2.69. The van der Waals surface area contributed by atoms with E-state index in [0.29, 0.717) is 25.0 Å². The molecular formula is C28H37N3O6S. The molecule has 1 aliphatic rings. The van der Waals surface area contributed by atoms with Crippen LogP contribution >= 0.6 is 0 Å². The number of ether oxygens (including phenoxy) is 1. The van der Waals surface area contributed by atoms with Crippen molar-refractivity contribution >= 4 is 16.1 Å². The summed E-state index contributed by atoms with van der Waals surface area (Å²) in [6.45, 7) is 1.66. The molecule has 9 nitrogen and oxygen atoms in total. The van der Waals surface area contributed by atoms with Crippen molar-refractivity contribution in [2.45, 2.75) is 80.9 Å². The zero-order chi connectivity index (χ0) is 27.8. The normalized spacial score (nSPS) is 18.4. The van der Waals surface area contributed by atoms with Crippen LogP contribution in [0.3, 0.4) is 0 Å². The molecule has 3 rings (SSSR count). The summed E-state index contributed by atoms with van der Waals surface area (Å²) in [5.74, 6) is 0.498. The summed E-state index contributed by atoms with van der Waals surface area (Å²) in [6.07, 6.45) is 1.73. The van der Waals surface area contributed by atoms with Crippen LogP contribution in [0.15, 0.2) is 59.5 Å². The predicted octanol–water partition coefficient (Wildman–Crippen LogP) is 4.23. The third kappa shape index (κ3) is 6.65. The van der Waals surface area contributed by atoms with Gasteiger partial charge >= 0.3 is 6.09 Å². The number of carbonyl (C=O) groups is 1. The molecule has 1 fully saturated rings. The monoisotopic (exact) mass is 543 g/mol.